The molecule has 0 aliphatic rings. The Kier molecular flexibility index (Phi) is 3.79. The molecule has 2 nitrogen and oxygen atoms in total. The molecule has 0 aliphatic carbocycles. The molecule has 0 saturated carbocycles. The second-order valence-electron chi connectivity index (χ2n) is 6.30. The number of benzene rings is 1. The molecule has 0 aliphatic heterocycles. The fourth-order valence-electron chi connectivity index (χ4n) is 2.67. The number of carbonyl (C=O) groups is 1. The molecule has 0 saturated heterocycles. The molecule has 0 bridgehead atoms. The first-order valence-electron chi connectivity index (χ1n) is 7.01. The van der Waals surface area contributed by atoms with Crippen LogP contribution >= 0.6 is 0 Å². The predicted octanol–water partition coefficient (Wildman–Crippen LogP) is 4.35. The molecule has 1 aromatic heterocycles. The number of fused-ring (bicyclic) bond motifs is 1. The van der Waals surface area contributed by atoms with Gasteiger partial charge < -0.3 is 4.98 Å². The minimum absolute atomic E-state index is 0.00542. The van der Waals surface area contributed by atoms with Crippen LogP contribution in [0.25, 0.3) is 10.9 Å². The largest absolute Gasteiger partial charge is 0.361 e. The van der Waals surface area contributed by atoms with Crippen molar-refractivity contribution in [3.63, 3.8) is 0 Å². The van der Waals surface area contributed by atoms with Crippen LogP contribution in [0, 0.1) is 11.3 Å². The Balaban J connectivity index is 2.34. The third-order valence-corrected chi connectivity index (χ3v) is 3.88. The van der Waals surface area contributed by atoms with Crippen molar-refractivity contribution in [1.82, 2.24) is 4.98 Å². The van der Waals surface area contributed by atoms with E-state index in [0.29, 0.717) is 12.2 Å². The maximum atomic E-state index is 12.2. The highest BCUT2D eigenvalue weighted by Gasteiger charge is 2.30. The first kappa shape index (κ1) is 13.9. The number of hydrogen-bond acceptors (Lipinski definition) is 1. The Morgan fingerprint density at radius 1 is 1.26 bits per heavy atom. The van der Waals surface area contributed by atoms with Crippen LogP contribution in [-0.4, -0.2) is 10.8 Å². The van der Waals surface area contributed by atoms with E-state index in [4.69, 9.17) is 0 Å². The van der Waals surface area contributed by atoms with Crippen LogP contribution in [0.3, 0.4) is 0 Å². The smallest absolute Gasteiger partial charge is 0.136 e. The Labute approximate surface area is 115 Å². The predicted molar refractivity (Wildman–Crippen MR) is 80.2 cm³/mol. The lowest BCUT2D eigenvalue weighted by Gasteiger charge is -2.29. The molecule has 0 fully saturated rings. The number of ketones is 1. The molecule has 2 heteroatoms. The Morgan fingerprint density at radius 3 is 2.58 bits per heavy atom. The lowest BCUT2D eigenvalue weighted by Crippen LogP contribution is -2.30. The monoisotopic (exact) mass is 257 g/mol. The van der Waals surface area contributed by atoms with Gasteiger partial charge in [0.05, 0.1) is 0 Å². The molecule has 0 spiro atoms. The SMILES string of the molecule is CCC(=O)C(Cc1c[nH]c2ccccc12)C(C)(C)C. The molecule has 0 radical (unpaired) electrons. The summed E-state index contributed by atoms with van der Waals surface area (Å²) in [7, 11) is 0. The van der Waals surface area contributed by atoms with Gasteiger partial charge in [0, 0.05) is 29.4 Å². The molecule has 2 aromatic rings. The number of aromatic nitrogens is 1. The molecular weight excluding hydrogens is 234 g/mol. The van der Waals surface area contributed by atoms with E-state index in [1.807, 2.05) is 25.3 Å². The summed E-state index contributed by atoms with van der Waals surface area (Å²) in [6.45, 7) is 8.41. The first-order valence-corrected chi connectivity index (χ1v) is 7.01. The quantitative estimate of drug-likeness (QED) is 0.867. The lowest BCUT2D eigenvalue weighted by molar-refractivity contribution is -0.125. The van der Waals surface area contributed by atoms with Crippen LogP contribution in [0.1, 0.15) is 39.7 Å². The molecule has 1 unspecified atom stereocenters. The molecule has 102 valence electrons. The minimum atomic E-state index is 0.00542. The summed E-state index contributed by atoms with van der Waals surface area (Å²) >= 11 is 0. The molecule has 1 aromatic carbocycles. The fraction of sp³-hybridized carbons (Fsp3) is 0.471. The van der Waals surface area contributed by atoms with Gasteiger partial charge in [-0.05, 0) is 23.5 Å². The first-order chi connectivity index (χ1) is 8.93. The molecule has 19 heavy (non-hydrogen) atoms. The summed E-state index contributed by atoms with van der Waals surface area (Å²) in [4.78, 5) is 15.5. The van der Waals surface area contributed by atoms with Gasteiger partial charge in [0.1, 0.15) is 5.78 Å². The van der Waals surface area contributed by atoms with Crippen LogP contribution < -0.4 is 0 Å². The standard InChI is InChI=1S/C17H23NO/c1-5-16(19)14(17(2,3)4)10-12-11-18-15-9-7-6-8-13(12)15/h6-9,11,14,18H,5,10H2,1-4H3. The van der Waals surface area contributed by atoms with Gasteiger partial charge in [0.25, 0.3) is 0 Å². The molecule has 2 rings (SSSR count). The molecule has 0 amide bonds. The van der Waals surface area contributed by atoms with Gasteiger partial charge in [-0.15, -0.1) is 0 Å². The van der Waals surface area contributed by atoms with E-state index in [1.165, 1.54) is 10.9 Å². The summed E-state index contributed by atoms with van der Waals surface area (Å²) < 4.78 is 0. The van der Waals surface area contributed by atoms with Crippen molar-refractivity contribution >= 4 is 16.7 Å². The molecule has 1 heterocycles. The number of H-pyrrole nitrogens is 1. The Hall–Kier alpha value is -1.57. The average molecular weight is 257 g/mol. The molecule has 1 atom stereocenters. The number of hydrogen-bond donors (Lipinski definition) is 1. The number of aromatic amines is 1. The van der Waals surface area contributed by atoms with Crippen molar-refractivity contribution in [2.24, 2.45) is 11.3 Å². The third kappa shape index (κ3) is 2.89. The fourth-order valence-corrected chi connectivity index (χ4v) is 2.67. The lowest BCUT2D eigenvalue weighted by atomic mass is 9.74. The maximum Gasteiger partial charge on any atom is 0.136 e. The van der Waals surface area contributed by atoms with Gasteiger partial charge >= 0.3 is 0 Å². The van der Waals surface area contributed by atoms with Crippen LogP contribution in [0.15, 0.2) is 30.5 Å². The Morgan fingerprint density at radius 2 is 1.95 bits per heavy atom. The van der Waals surface area contributed by atoms with Gasteiger partial charge in [-0.1, -0.05) is 45.9 Å². The van der Waals surface area contributed by atoms with Gasteiger partial charge in [-0.3, -0.25) is 4.79 Å². The summed E-state index contributed by atoms with van der Waals surface area (Å²) in [5.41, 5.74) is 2.40. The highest BCUT2D eigenvalue weighted by Crippen LogP contribution is 2.32. The summed E-state index contributed by atoms with van der Waals surface area (Å²) in [6, 6.07) is 8.28. The van der Waals surface area contributed by atoms with Crippen molar-refractivity contribution in [2.45, 2.75) is 40.5 Å². The highest BCUT2D eigenvalue weighted by atomic mass is 16.1. The molecule has 1 N–H and O–H groups in total. The minimum Gasteiger partial charge on any atom is -0.361 e. The van der Waals surface area contributed by atoms with Crippen LogP contribution in [0.4, 0.5) is 0 Å². The average Bonchev–Trinajstić information content (AvgIpc) is 2.77. The number of rotatable bonds is 4. The van der Waals surface area contributed by atoms with Crippen molar-refractivity contribution in [1.29, 1.82) is 0 Å². The van der Waals surface area contributed by atoms with Crippen molar-refractivity contribution in [2.75, 3.05) is 0 Å². The maximum absolute atomic E-state index is 12.2. The zero-order chi connectivity index (χ0) is 14.0. The van der Waals surface area contributed by atoms with Crippen molar-refractivity contribution in [3.8, 4) is 0 Å². The summed E-state index contributed by atoms with van der Waals surface area (Å²) in [5.74, 6) is 0.439. The van der Waals surface area contributed by atoms with E-state index < -0.39 is 0 Å². The number of nitrogens with one attached hydrogen (secondary N) is 1. The topological polar surface area (TPSA) is 32.9 Å². The second kappa shape index (κ2) is 5.20. The van der Waals surface area contributed by atoms with E-state index >= 15 is 0 Å². The van der Waals surface area contributed by atoms with E-state index in [9.17, 15) is 4.79 Å². The summed E-state index contributed by atoms with van der Waals surface area (Å²) in [5, 5.41) is 1.24. The van der Waals surface area contributed by atoms with E-state index in [-0.39, 0.29) is 11.3 Å². The van der Waals surface area contributed by atoms with E-state index in [0.717, 1.165) is 11.9 Å². The van der Waals surface area contributed by atoms with Crippen molar-refractivity contribution in [3.05, 3.63) is 36.0 Å². The molecular formula is C17H23NO. The van der Waals surface area contributed by atoms with Crippen LogP contribution in [-0.2, 0) is 11.2 Å². The Bertz CT molecular complexity index is 574. The number of carbonyl (C=O) groups excluding carboxylic acids is 1. The second-order valence-corrected chi connectivity index (χ2v) is 6.30. The van der Waals surface area contributed by atoms with E-state index in [1.54, 1.807) is 0 Å². The zero-order valence-electron chi connectivity index (χ0n) is 12.3. The normalized spacial score (nSPS) is 13.7. The number of Topliss-reactive ketones (excluding diaryl/α,β-unsaturated/α-hetero) is 1. The zero-order valence-corrected chi connectivity index (χ0v) is 12.3. The van der Waals surface area contributed by atoms with Crippen LogP contribution in [0.5, 0.6) is 0 Å². The van der Waals surface area contributed by atoms with Gasteiger partial charge in [0.15, 0.2) is 0 Å². The van der Waals surface area contributed by atoms with Gasteiger partial charge in [-0.25, -0.2) is 0 Å². The third-order valence-electron chi connectivity index (χ3n) is 3.88. The van der Waals surface area contributed by atoms with Gasteiger partial charge in [0.2, 0.25) is 0 Å². The van der Waals surface area contributed by atoms with E-state index in [2.05, 4.69) is 37.9 Å². The number of para-hydroxylation sites is 1. The van der Waals surface area contributed by atoms with Gasteiger partial charge in [-0.2, -0.15) is 0 Å². The van der Waals surface area contributed by atoms with Crippen molar-refractivity contribution < 1.29 is 4.79 Å². The van der Waals surface area contributed by atoms with Crippen LogP contribution in [0.2, 0.25) is 0 Å². The summed E-state index contributed by atoms with van der Waals surface area (Å²) in [6.07, 6.45) is 3.48. The highest BCUT2D eigenvalue weighted by molar-refractivity contribution is 5.85.